The molecular weight excluding hydrogens is 275 g/mol. The third-order valence-corrected chi connectivity index (χ3v) is 2.37. The van der Waals surface area contributed by atoms with E-state index in [1.165, 1.54) is 13.2 Å². The average molecular weight is 283 g/mol. The Bertz CT molecular complexity index is 664. The molecule has 5 nitrogen and oxygen atoms in total. The van der Waals surface area contributed by atoms with Crippen molar-refractivity contribution in [1.82, 2.24) is 9.97 Å². The Balaban J connectivity index is 2.25. The number of carbonyl (C=O) groups is 1. The molecule has 0 aliphatic carbocycles. The number of nitrogens with one attached hydrogen (secondary N) is 1. The van der Waals surface area contributed by atoms with Crippen LogP contribution in [0.25, 0.3) is 0 Å². The van der Waals surface area contributed by atoms with E-state index < -0.39 is 29.0 Å². The first-order chi connectivity index (χ1) is 9.52. The Labute approximate surface area is 111 Å². The van der Waals surface area contributed by atoms with Crippen molar-refractivity contribution in [3.8, 4) is 5.88 Å². The molecule has 0 fully saturated rings. The topological polar surface area (TPSA) is 64.1 Å². The molecule has 0 unspecified atom stereocenters. The smallest absolute Gasteiger partial charge is 0.274 e. The first-order valence-electron chi connectivity index (χ1n) is 5.34. The van der Waals surface area contributed by atoms with Gasteiger partial charge in [-0.1, -0.05) is 0 Å². The van der Waals surface area contributed by atoms with Crippen LogP contribution in [0, 0.1) is 17.5 Å². The van der Waals surface area contributed by atoms with Crippen molar-refractivity contribution < 1.29 is 22.7 Å². The summed E-state index contributed by atoms with van der Waals surface area (Å²) < 4.78 is 44.0. The highest BCUT2D eigenvalue weighted by Crippen LogP contribution is 2.20. The van der Waals surface area contributed by atoms with Crippen molar-refractivity contribution >= 4 is 11.6 Å². The monoisotopic (exact) mass is 283 g/mol. The van der Waals surface area contributed by atoms with E-state index in [0.29, 0.717) is 6.07 Å². The summed E-state index contributed by atoms with van der Waals surface area (Å²) >= 11 is 0. The first kappa shape index (κ1) is 13.8. The molecule has 104 valence electrons. The number of hydrogen-bond acceptors (Lipinski definition) is 4. The van der Waals surface area contributed by atoms with Gasteiger partial charge in [-0.15, -0.1) is 0 Å². The molecule has 0 bridgehead atoms. The lowest BCUT2D eigenvalue weighted by atomic mass is 10.2. The third-order valence-electron chi connectivity index (χ3n) is 2.37. The van der Waals surface area contributed by atoms with Gasteiger partial charge >= 0.3 is 0 Å². The maximum Gasteiger partial charge on any atom is 0.274 e. The SMILES string of the molecule is COc1cc(C(=O)Nc2ccc(F)c(F)c2F)ncn1. The second kappa shape index (κ2) is 5.55. The predicted octanol–water partition coefficient (Wildman–Crippen LogP) is 2.15. The molecule has 1 N–H and O–H groups in total. The first-order valence-corrected chi connectivity index (χ1v) is 5.34. The van der Waals surface area contributed by atoms with E-state index in [4.69, 9.17) is 4.74 Å². The molecule has 0 spiro atoms. The molecule has 1 aromatic heterocycles. The van der Waals surface area contributed by atoms with Crippen LogP contribution < -0.4 is 10.1 Å². The van der Waals surface area contributed by atoms with E-state index in [-0.39, 0.29) is 11.6 Å². The van der Waals surface area contributed by atoms with Gasteiger partial charge in [0.2, 0.25) is 5.88 Å². The summed E-state index contributed by atoms with van der Waals surface area (Å²) in [7, 11) is 1.35. The van der Waals surface area contributed by atoms with Gasteiger partial charge in [0.25, 0.3) is 5.91 Å². The Hall–Kier alpha value is -2.64. The van der Waals surface area contributed by atoms with Crippen LogP contribution in [-0.2, 0) is 0 Å². The zero-order chi connectivity index (χ0) is 14.7. The number of nitrogens with zero attached hydrogens (tertiary/aromatic N) is 2. The van der Waals surface area contributed by atoms with Crippen LogP contribution in [-0.4, -0.2) is 23.0 Å². The zero-order valence-electron chi connectivity index (χ0n) is 10.2. The molecule has 0 aliphatic rings. The van der Waals surface area contributed by atoms with Crippen molar-refractivity contribution in [2.75, 3.05) is 12.4 Å². The fraction of sp³-hybridized carbons (Fsp3) is 0.0833. The fourth-order valence-electron chi connectivity index (χ4n) is 1.38. The van der Waals surface area contributed by atoms with Gasteiger partial charge in [-0.3, -0.25) is 4.79 Å². The summed E-state index contributed by atoms with van der Waals surface area (Å²) in [5, 5.41) is 2.08. The minimum Gasteiger partial charge on any atom is -0.481 e. The third kappa shape index (κ3) is 2.68. The summed E-state index contributed by atoms with van der Waals surface area (Å²) in [5.74, 6) is -5.17. The van der Waals surface area contributed by atoms with E-state index in [1.54, 1.807) is 0 Å². The van der Waals surface area contributed by atoms with Gasteiger partial charge in [0.1, 0.15) is 12.0 Å². The summed E-state index contributed by atoms with van der Waals surface area (Å²) in [4.78, 5) is 19.1. The molecule has 0 radical (unpaired) electrons. The van der Waals surface area contributed by atoms with Crippen molar-refractivity contribution in [2.45, 2.75) is 0 Å². The fourth-order valence-corrected chi connectivity index (χ4v) is 1.38. The summed E-state index contributed by atoms with van der Waals surface area (Å²) in [5.41, 5.74) is -0.604. The van der Waals surface area contributed by atoms with E-state index in [0.717, 1.165) is 12.4 Å². The maximum atomic E-state index is 13.4. The van der Waals surface area contributed by atoms with Gasteiger partial charge < -0.3 is 10.1 Å². The Morgan fingerprint density at radius 1 is 1.20 bits per heavy atom. The minimum atomic E-state index is -1.66. The molecule has 20 heavy (non-hydrogen) atoms. The van der Waals surface area contributed by atoms with Crippen molar-refractivity contribution in [1.29, 1.82) is 0 Å². The second-order valence-electron chi connectivity index (χ2n) is 3.62. The number of methoxy groups -OCH3 is 1. The van der Waals surface area contributed by atoms with E-state index in [2.05, 4.69) is 15.3 Å². The molecule has 0 atom stereocenters. The van der Waals surface area contributed by atoms with Crippen LogP contribution in [0.4, 0.5) is 18.9 Å². The number of carbonyl (C=O) groups excluding carboxylic acids is 1. The molecule has 1 aromatic carbocycles. The van der Waals surface area contributed by atoms with Crippen molar-refractivity contribution in [2.24, 2.45) is 0 Å². The van der Waals surface area contributed by atoms with Gasteiger partial charge in [-0.25, -0.2) is 23.1 Å². The van der Waals surface area contributed by atoms with Crippen LogP contribution in [0.1, 0.15) is 10.5 Å². The highest BCUT2D eigenvalue weighted by molar-refractivity contribution is 6.03. The Kier molecular flexibility index (Phi) is 3.83. The number of ether oxygens (including phenoxy) is 1. The van der Waals surface area contributed by atoms with E-state index in [9.17, 15) is 18.0 Å². The van der Waals surface area contributed by atoms with Gasteiger partial charge in [-0.2, -0.15) is 0 Å². The number of amides is 1. The highest BCUT2D eigenvalue weighted by atomic mass is 19.2. The Morgan fingerprint density at radius 2 is 1.95 bits per heavy atom. The van der Waals surface area contributed by atoms with Crippen LogP contribution in [0.5, 0.6) is 5.88 Å². The molecule has 2 rings (SSSR count). The number of halogens is 3. The van der Waals surface area contributed by atoms with Gasteiger partial charge in [0, 0.05) is 6.07 Å². The minimum absolute atomic E-state index is 0.110. The maximum absolute atomic E-state index is 13.4. The van der Waals surface area contributed by atoms with Gasteiger partial charge in [0.05, 0.1) is 12.8 Å². The lowest BCUT2D eigenvalue weighted by Crippen LogP contribution is -2.15. The lowest BCUT2D eigenvalue weighted by Gasteiger charge is -2.07. The van der Waals surface area contributed by atoms with E-state index in [1.807, 2.05) is 0 Å². The molecule has 0 saturated heterocycles. The number of aromatic nitrogens is 2. The normalized spacial score (nSPS) is 10.2. The quantitative estimate of drug-likeness (QED) is 0.877. The van der Waals surface area contributed by atoms with Crippen LogP contribution in [0.2, 0.25) is 0 Å². The van der Waals surface area contributed by atoms with Crippen LogP contribution >= 0.6 is 0 Å². The molecule has 0 aliphatic heterocycles. The molecule has 2 aromatic rings. The summed E-state index contributed by atoms with van der Waals surface area (Å²) in [6.07, 6.45) is 1.08. The molecule has 1 heterocycles. The lowest BCUT2D eigenvalue weighted by molar-refractivity contribution is 0.102. The molecule has 0 saturated carbocycles. The van der Waals surface area contributed by atoms with Crippen LogP contribution in [0.3, 0.4) is 0 Å². The largest absolute Gasteiger partial charge is 0.481 e. The number of rotatable bonds is 3. The van der Waals surface area contributed by atoms with Crippen molar-refractivity contribution in [3.05, 3.63) is 47.7 Å². The van der Waals surface area contributed by atoms with Gasteiger partial charge in [-0.05, 0) is 12.1 Å². The summed E-state index contributed by atoms with van der Waals surface area (Å²) in [6.45, 7) is 0. The number of anilines is 1. The Morgan fingerprint density at radius 3 is 2.65 bits per heavy atom. The molecular formula is C12H8F3N3O2. The average Bonchev–Trinajstić information content (AvgIpc) is 2.48. The second-order valence-corrected chi connectivity index (χ2v) is 3.62. The zero-order valence-corrected chi connectivity index (χ0v) is 10.2. The molecule has 1 amide bonds. The molecule has 8 heteroatoms. The number of benzene rings is 1. The van der Waals surface area contributed by atoms with Crippen LogP contribution in [0.15, 0.2) is 24.5 Å². The van der Waals surface area contributed by atoms with E-state index >= 15 is 0 Å². The van der Waals surface area contributed by atoms with Crippen molar-refractivity contribution in [3.63, 3.8) is 0 Å². The predicted molar refractivity (Wildman–Crippen MR) is 62.9 cm³/mol. The summed E-state index contributed by atoms with van der Waals surface area (Å²) in [6, 6.07) is 2.83. The number of hydrogen-bond donors (Lipinski definition) is 1. The highest BCUT2D eigenvalue weighted by Gasteiger charge is 2.17. The standard InChI is InChI=1S/C12H8F3N3O2/c1-20-9-4-8(16-5-17-9)12(19)18-7-3-2-6(13)10(14)11(7)15/h2-5H,1H3,(H,18,19). The van der Waals surface area contributed by atoms with Gasteiger partial charge in [0.15, 0.2) is 17.5 Å².